The van der Waals surface area contributed by atoms with E-state index in [1.165, 1.54) is 63.4 Å². The van der Waals surface area contributed by atoms with E-state index in [-0.39, 0.29) is 0 Å². The molecule has 0 fully saturated rings. The van der Waals surface area contributed by atoms with Crippen molar-refractivity contribution in [2.45, 2.75) is 64.2 Å². The minimum atomic E-state index is 0.834. The van der Waals surface area contributed by atoms with Gasteiger partial charge in [0.1, 0.15) is 0 Å². The van der Waals surface area contributed by atoms with Crippen LogP contribution in [0, 0.1) is 6.92 Å². The van der Waals surface area contributed by atoms with E-state index in [1.807, 2.05) is 12.1 Å². The molecule has 0 heterocycles. The Labute approximate surface area is 118 Å². The van der Waals surface area contributed by atoms with Gasteiger partial charge in [0, 0.05) is 5.02 Å². The van der Waals surface area contributed by atoms with Crippen LogP contribution in [-0.2, 0) is 6.42 Å². The average Bonchev–Trinajstić information content (AvgIpc) is 2.39. The third-order valence-electron chi connectivity index (χ3n) is 3.38. The molecular formula is C17H26Cl. The van der Waals surface area contributed by atoms with Crippen LogP contribution in [-0.4, -0.2) is 0 Å². The molecule has 0 nitrogen and oxygen atoms in total. The van der Waals surface area contributed by atoms with E-state index in [4.69, 9.17) is 11.6 Å². The zero-order chi connectivity index (χ0) is 13.1. The standard InChI is InChI=1S/C17H26Cl/c1-2-3-4-5-6-7-8-9-10-11-16-12-14-17(18)15-13-16/h12-15H,1-11H2. The highest BCUT2D eigenvalue weighted by Gasteiger charge is 1.95. The van der Waals surface area contributed by atoms with E-state index in [0.29, 0.717) is 0 Å². The lowest BCUT2D eigenvalue weighted by atomic mass is 10.0. The molecule has 0 spiro atoms. The molecule has 0 N–H and O–H groups in total. The van der Waals surface area contributed by atoms with Gasteiger partial charge in [-0.2, -0.15) is 0 Å². The highest BCUT2D eigenvalue weighted by molar-refractivity contribution is 6.30. The smallest absolute Gasteiger partial charge is 0.0406 e. The van der Waals surface area contributed by atoms with E-state index in [0.717, 1.165) is 11.4 Å². The molecule has 1 aromatic carbocycles. The summed E-state index contributed by atoms with van der Waals surface area (Å²) < 4.78 is 0. The Bertz CT molecular complexity index is 289. The predicted molar refractivity (Wildman–Crippen MR) is 82.1 cm³/mol. The van der Waals surface area contributed by atoms with Crippen molar-refractivity contribution in [2.75, 3.05) is 0 Å². The van der Waals surface area contributed by atoms with Gasteiger partial charge >= 0.3 is 0 Å². The summed E-state index contributed by atoms with van der Waals surface area (Å²) in [6.45, 7) is 3.87. The SMILES string of the molecule is [CH2]CCCCCCCCCCc1ccc(Cl)cc1. The van der Waals surface area contributed by atoms with Crippen LogP contribution in [0.15, 0.2) is 24.3 Å². The molecule has 0 unspecified atom stereocenters. The fraction of sp³-hybridized carbons (Fsp3) is 0.588. The molecule has 0 aliphatic rings. The average molecular weight is 266 g/mol. The molecule has 0 saturated heterocycles. The van der Waals surface area contributed by atoms with Crippen molar-refractivity contribution in [1.29, 1.82) is 0 Å². The van der Waals surface area contributed by atoms with Gasteiger partial charge in [-0.15, -0.1) is 0 Å². The molecule has 0 bridgehead atoms. The number of unbranched alkanes of at least 4 members (excludes halogenated alkanes) is 8. The largest absolute Gasteiger partial charge is 0.0843 e. The van der Waals surface area contributed by atoms with Gasteiger partial charge in [-0.05, 0) is 30.5 Å². The Balaban J connectivity index is 1.91. The Morgan fingerprint density at radius 3 is 1.78 bits per heavy atom. The molecule has 1 radical (unpaired) electrons. The van der Waals surface area contributed by atoms with Crippen LogP contribution >= 0.6 is 11.6 Å². The molecule has 18 heavy (non-hydrogen) atoms. The summed E-state index contributed by atoms with van der Waals surface area (Å²) in [7, 11) is 0. The summed E-state index contributed by atoms with van der Waals surface area (Å²) in [5.41, 5.74) is 1.41. The van der Waals surface area contributed by atoms with Gasteiger partial charge < -0.3 is 0 Å². The molecule has 0 amide bonds. The summed E-state index contributed by atoms with van der Waals surface area (Å²) in [5, 5.41) is 0.834. The molecule has 101 valence electrons. The maximum absolute atomic E-state index is 5.86. The highest BCUT2D eigenvalue weighted by atomic mass is 35.5. The van der Waals surface area contributed by atoms with Gasteiger partial charge in [-0.3, -0.25) is 0 Å². The molecule has 0 saturated carbocycles. The van der Waals surface area contributed by atoms with Crippen molar-refractivity contribution in [3.63, 3.8) is 0 Å². The number of halogens is 1. The van der Waals surface area contributed by atoms with Crippen LogP contribution in [0.5, 0.6) is 0 Å². The van der Waals surface area contributed by atoms with Crippen molar-refractivity contribution in [3.05, 3.63) is 41.8 Å². The quantitative estimate of drug-likeness (QED) is 0.440. The van der Waals surface area contributed by atoms with Crippen LogP contribution in [0.2, 0.25) is 5.02 Å². The number of rotatable bonds is 10. The van der Waals surface area contributed by atoms with Crippen molar-refractivity contribution in [3.8, 4) is 0 Å². The molecule has 0 aliphatic heterocycles. The lowest BCUT2D eigenvalue weighted by Crippen LogP contribution is -1.86. The molecule has 1 heteroatoms. The number of aryl methyl sites for hydroxylation is 1. The van der Waals surface area contributed by atoms with E-state index in [1.54, 1.807) is 0 Å². The Morgan fingerprint density at radius 2 is 1.22 bits per heavy atom. The van der Waals surface area contributed by atoms with Crippen molar-refractivity contribution in [2.24, 2.45) is 0 Å². The first kappa shape index (κ1) is 15.6. The van der Waals surface area contributed by atoms with E-state index in [9.17, 15) is 0 Å². The Morgan fingerprint density at radius 1 is 0.722 bits per heavy atom. The summed E-state index contributed by atoms with van der Waals surface area (Å²) >= 11 is 5.86. The van der Waals surface area contributed by atoms with E-state index < -0.39 is 0 Å². The van der Waals surface area contributed by atoms with E-state index in [2.05, 4.69) is 19.1 Å². The van der Waals surface area contributed by atoms with Gasteiger partial charge in [0.25, 0.3) is 0 Å². The summed E-state index contributed by atoms with van der Waals surface area (Å²) in [6, 6.07) is 8.25. The van der Waals surface area contributed by atoms with Gasteiger partial charge in [0.2, 0.25) is 0 Å². The normalized spacial score (nSPS) is 10.8. The predicted octanol–water partition coefficient (Wildman–Crippen LogP) is 6.23. The van der Waals surface area contributed by atoms with Crippen LogP contribution in [0.4, 0.5) is 0 Å². The first-order valence-electron chi connectivity index (χ1n) is 7.36. The Kier molecular flexibility index (Phi) is 9.02. The zero-order valence-electron chi connectivity index (χ0n) is 11.5. The van der Waals surface area contributed by atoms with Crippen LogP contribution in [0.25, 0.3) is 0 Å². The lowest BCUT2D eigenvalue weighted by molar-refractivity contribution is 0.569. The topological polar surface area (TPSA) is 0 Å². The molecule has 0 aromatic heterocycles. The van der Waals surface area contributed by atoms with Crippen molar-refractivity contribution < 1.29 is 0 Å². The molecule has 1 aromatic rings. The fourth-order valence-corrected chi connectivity index (χ4v) is 2.34. The van der Waals surface area contributed by atoms with Gasteiger partial charge in [0.05, 0.1) is 0 Å². The maximum Gasteiger partial charge on any atom is 0.0406 e. The van der Waals surface area contributed by atoms with Crippen LogP contribution < -0.4 is 0 Å². The monoisotopic (exact) mass is 265 g/mol. The Hall–Kier alpha value is -0.490. The second-order valence-corrected chi connectivity index (χ2v) is 5.49. The maximum atomic E-state index is 5.86. The third kappa shape index (κ3) is 7.76. The third-order valence-corrected chi connectivity index (χ3v) is 3.63. The van der Waals surface area contributed by atoms with Crippen LogP contribution in [0.1, 0.15) is 63.4 Å². The second-order valence-electron chi connectivity index (χ2n) is 5.06. The lowest BCUT2D eigenvalue weighted by Gasteiger charge is -2.03. The molecule has 0 aliphatic carbocycles. The molecular weight excluding hydrogens is 240 g/mol. The number of hydrogen-bond donors (Lipinski definition) is 0. The number of benzene rings is 1. The summed E-state index contributed by atoms with van der Waals surface area (Å²) in [5.74, 6) is 0. The van der Waals surface area contributed by atoms with Gasteiger partial charge in [-0.25, -0.2) is 0 Å². The second kappa shape index (κ2) is 10.4. The van der Waals surface area contributed by atoms with Gasteiger partial charge in [0.15, 0.2) is 0 Å². The molecule has 0 atom stereocenters. The summed E-state index contributed by atoms with van der Waals surface area (Å²) in [4.78, 5) is 0. The van der Waals surface area contributed by atoms with Crippen LogP contribution in [0.3, 0.4) is 0 Å². The minimum absolute atomic E-state index is 0.834. The minimum Gasteiger partial charge on any atom is -0.0843 e. The van der Waals surface area contributed by atoms with Crippen molar-refractivity contribution >= 4 is 11.6 Å². The molecule has 1 rings (SSSR count). The fourth-order valence-electron chi connectivity index (χ4n) is 2.22. The summed E-state index contributed by atoms with van der Waals surface area (Å²) in [6.07, 6.45) is 13.2. The van der Waals surface area contributed by atoms with Gasteiger partial charge in [-0.1, -0.05) is 82.0 Å². The first-order valence-corrected chi connectivity index (χ1v) is 7.74. The number of hydrogen-bond acceptors (Lipinski definition) is 0. The van der Waals surface area contributed by atoms with E-state index >= 15 is 0 Å². The first-order chi connectivity index (χ1) is 8.83. The zero-order valence-corrected chi connectivity index (χ0v) is 12.2. The highest BCUT2D eigenvalue weighted by Crippen LogP contribution is 2.14. The van der Waals surface area contributed by atoms with Crippen molar-refractivity contribution in [1.82, 2.24) is 0 Å².